The zero-order valence-corrected chi connectivity index (χ0v) is 11.7. The minimum absolute atomic E-state index is 1.11. The van der Waals surface area contributed by atoms with Crippen LogP contribution in [0.2, 0.25) is 0 Å². The molecule has 0 atom stereocenters. The summed E-state index contributed by atoms with van der Waals surface area (Å²) in [4.78, 5) is 2.41. The van der Waals surface area contributed by atoms with E-state index in [2.05, 4.69) is 49.3 Å². The summed E-state index contributed by atoms with van der Waals surface area (Å²) < 4.78 is 0. The highest BCUT2D eigenvalue weighted by Gasteiger charge is 2.00. The molecule has 0 spiro atoms. The van der Waals surface area contributed by atoms with Crippen molar-refractivity contribution in [2.45, 2.75) is 26.7 Å². The van der Waals surface area contributed by atoms with Gasteiger partial charge in [-0.15, -0.1) is 0 Å². The molecule has 0 amide bonds. The zero-order chi connectivity index (χ0) is 12.7. The summed E-state index contributed by atoms with van der Waals surface area (Å²) in [6.07, 6.45) is 2.37. The van der Waals surface area contributed by atoms with Crippen LogP contribution in [0.4, 0.5) is 0 Å². The second-order valence-electron chi connectivity index (χ2n) is 4.93. The standard InChI is InChI=1S/C15H26N2/c1-13-6-7-15(12-14(13)2)8-11-17(4)10-5-9-16-3/h6-7,12,16H,5,8-11H2,1-4H3. The van der Waals surface area contributed by atoms with E-state index in [1.54, 1.807) is 0 Å². The van der Waals surface area contributed by atoms with Crippen LogP contribution in [-0.4, -0.2) is 38.6 Å². The van der Waals surface area contributed by atoms with Crippen molar-refractivity contribution in [2.24, 2.45) is 0 Å². The van der Waals surface area contributed by atoms with E-state index in [4.69, 9.17) is 0 Å². The number of likely N-dealkylation sites (N-methyl/N-ethyl adjacent to an activating group) is 1. The number of hydrogen-bond donors (Lipinski definition) is 1. The molecule has 0 saturated heterocycles. The summed E-state index contributed by atoms with van der Waals surface area (Å²) in [7, 11) is 4.21. The van der Waals surface area contributed by atoms with Crippen molar-refractivity contribution in [1.82, 2.24) is 10.2 Å². The number of aryl methyl sites for hydroxylation is 2. The Bertz CT molecular complexity index is 334. The summed E-state index contributed by atoms with van der Waals surface area (Å²) in [5.74, 6) is 0. The Morgan fingerprint density at radius 1 is 1.12 bits per heavy atom. The molecule has 96 valence electrons. The molecule has 0 aliphatic heterocycles. The maximum absolute atomic E-state index is 3.18. The number of benzene rings is 1. The Hall–Kier alpha value is -0.860. The van der Waals surface area contributed by atoms with Crippen LogP contribution in [0.5, 0.6) is 0 Å². The molecule has 1 aromatic rings. The van der Waals surface area contributed by atoms with Gasteiger partial charge in [0.05, 0.1) is 0 Å². The van der Waals surface area contributed by atoms with Crippen LogP contribution in [0.15, 0.2) is 18.2 Å². The van der Waals surface area contributed by atoms with E-state index in [1.807, 2.05) is 7.05 Å². The summed E-state index contributed by atoms with van der Waals surface area (Å²) >= 11 is 0. The van der Waals surface area contributed by atoms with Crippen LogP contribution in [0, 0.1) is 13.8 Å². The normalized spacial score (nSPS) is 11.1. The van der Waals surface area contributed by atoms with Gasteiger partial charge in [-0.2, -0.15) is 0 Å². The van der Waals surface area contributed by atoms with Crippen molar-refractivity contribution in [3.05, 3.63) is 34.9 Å². The molecule has 2 nitrogen and oxygen atoms in total. The van der Waals surface area contributed by atoms with Crippen molar-refractivity contribution in [3.8, 4) is 0 Å². The molecule has 0 aliphatic rings. The quantitative estimate of drug-likeness (QED) is 0.729. The summed E-state index contributed by atoms with van der Waals surface area (Å²) in [6.45, 7) is 7.78. The van der Waals surface area contributed by atoms with E-state index in [-0.39, 0.29) is 0 Å². The molecule has 0 aromatic heterocycles. The predicted molar refractivity (Wildman–Crippen MR) is 75.7 cm³/mol. The fraction of sp³-hybridized carbons (Fsp3) is 0.600. The highest BCUT2D eigenvalue weighted by Crippen LogP contribution is 2.10. The lowest BCUT2D eigenvalue weighted by Gasteiger charge is -2.16. The van der Waals surface area contributed by atoms with Gasteiger partial charge in [0.2, 0.25) is 0 Å². The fourth-order valence-electron chi connectivity index (χ4n) is 1.92. The highest BCUT2D eigenvalue weighted by atomic mass is 15.1. The van der Waals surface area contributed by atoms with Crippen LogP contribution < -0.4 is 5.32 Å². The Kier molecular flexibility index (Phi) is 6.23. The van der Waals surface area contributed by atoms with Crippen LogP contribution in [0.3, 0.4) is 0 Å². The first-order chi connectivity index (χ1) is 8.13. The predicted octanol–water partition coefficient (Wildman–Crippen LogP) is 2.39. The molecule has 0 heterocycles. The molecule has 1 N–H and O–H groups in total. The van der Waals surface area contributed by atoms with E-state index < -0.39 is 0 Å². The molecular formula is C15H26N2. The molecule has 0 saturated carbocycles. The van der Waals surface area contributed by atoms with Gasteiger partial charge in [0.1, 0.15) is 0 Å². The van der Waals surface area contributed by atoms with Gasteiger partial charge < -0.3 is 10.2 Å². The highest BCUT2D eigenvalue weighted by molar-refractivity contribution is 5.29. The Balaban J connectivity index is 2.31. The van der Waals surface area contributed by atoms with Crippen LogP contribution in [0.1, 0.15) is 23.1 Å². The fourth-order valence-corrected chi connectivity index (χ4v) is 1.92. The molecular weight excluding hydrogens is 208 g/mol. The molecule has 0 aliphatic carbocycles. The molecule has 0 unspecified atom stereocenters. The van der Waals surface area contributed by atoms with E-state index in [0.29, 0.717) is 0 Å². The first kappa shape index (κ1) is 14.2. The molecule has 2 heteroatoms. The third kappa shape index (κ3) is 5.33. The van der Waals surface area contributed by atoms with E-state index >= 15 is 0 Å². The van der Waals surface area contributed by atoms with Gasteiger partial charge in [-0.3, -0.25) is 0 Å². The molecule has 0 fully saturated rings. The van der Waals surface area contributed by atoms with Gasteiger partial charge in [0.25, 0.3) is 0 Å². The summed E-state index contributed by atoms with van der Waals surface area (Å²) in [6, 6.07) is 6.80. The maximum atomic E-state index is 3.18. The van der Waals surface area contributed by atoms with Gasteiger partial charge in [-0.05, 0) is 70.6 Å². The average Bonchev–Trinajstić information content (AvgIpc) is 2.31. The average molecular weight is 234 g/mol. The third-order valence-electron chi connectivity index (χ3n) is 3.32. The first-order valence-electron chi connectivity index (χ1n) is 6.52. The lowest BCUT2D eigenvalue weighted by molar-refractivity contribution is 0.332. The third-order valence-corrected chi connectivity index (χ3v) is 3.32. The lowest BCUT2D eigenvalue weighted by Crippen LogP contribution is -2.25. The number of hydrogen-bond acceptors (Lipinski definition) is 2. The van der Waals surface area contributed by atoms with Gasteiger partial charge in [-0.25, -0.2) is 0 Å². The number of nitrogens with one attached hydrogen (secondary N) is 1. The van der Waals surface area contributed by atoms with Gasteiger partial charge in [-0.1, -0.05) is 18.2 Å². The summed E-state index contributed by atoms with van der Waals surface area (Å²) in [5, 5.41) is 3.18. The molecule has 1 aromatic carbocycles. The van der Waals surface area contributed by atoms with Crippen molar-refractivity contribution in [1.29, 1.82) is 0 Å². The Morgan fingerprint density at radius 3 is 2.53 bits per heavy atom. The van der Waals surface area contributed by atoms with Gasteiger partial charge >= 0.3 is 0 Å². The Labute approximate surface area is 106 Å². The SMILES string of the molecule is CNCCCN(C)CCc1ccc(C)c(C)c1. The van der Waals surface area contributed by atoms with E-state index in [0.717, 1.165) is 19.5 Å². The maximum Gasteiger partial charge on any atom is 0.00188 e. The van der Waals surface area contributed by atoms with Crippen molar-refractivity contribution < 1.29 is 0 Å². The van der Waals surface area contributed by atoms with E-state index in [1.165, 1.54) is 29.7 Å². The zero-order valence-electron chi connectivity index (χ0n) is 11.7. The van der Waals surface area contributed by atoms with E-state index in [9.17, 15) is 0 Å². The topological polar surface area (TPSA) is 15.3 Å². The number of rotatable bonds is 7. The number of nitrogens with zero attached hydrogens (tertiary/aromatic N) is 1. The first-order valence-corrected chi connectivity index (χ1v) is 6.52. The second kappa shape index (κ2) is 7.46. The molecule has 0 radical (unpaired) electrons. The Morgan fingerprint density at radius 2 is 1.88 bits per heavy atom. The van der Waals surface area contributed by atoms with Crippen LogP contribution in [0.25, 0.3) is 0 Å². The van der Waals surface area contributed by atoms with Crippen molar-refractivity contribution >= 4 is 0 Å². The van der Waals surface area contributed by atoms with Crippen LogP contribution in [-0.2, 0) is 6.42 Å². The summed E-state index contributed by atoms with van der Waals surface area (Å²) in [5.41, 5.74) is 4.24. The minimum atomic E-state index is 1.11. The second-order valence-corrected chi connectivity index (χ2v) is 4.93. The molecule has 1 rings (SSSR count). The largest absolute Gasteiger partial charge is 0.320 e. The van der Waals surface area contributed by atoms with Crippen LogP contribution >= 0.6 is 0 Å². The minimum Gasteiger partial charge on any atom is -0.320 e. The van der Waals surface area contributed by atoms with Gasteiger partial charge in [0.15, 0.2) is 0 Å². The molecule has 17 heavy (non-hydrogen) atoms. The van der Waals surface area contributed by atoms with Crippen molar-refractivity contribution in [2.75, 3.05) is 33.7 Å². The smallest absolute Gasteiger partial charge is 0.00188 e. The van der Waals surface area contributed by atoms with Crippen molar-refractivity contribution in [3.63, 3.8) is 0 Å². The van der Waals surface area contributed by atoms with Gasteiger partial charge in [0, 0.05) is 6.54 Å². The lowest BCUT2D eigenvalue weighted by atomic mass is 10.0. The molecule has 0 bridgehead atoms. The monoisotopic (exact) mass is 234 g/mol.